The van der Waals surface area contributed by atoms with Crippen molar-refractivity contribution in [2.24, 2.45) is 0 Å². The Labute approximate surface area is 226 Å². The Bertz CT molecular complexity index is 1530. The molecule has 0 amide bonds. The van der Waals surface area contributed by atoms with Crippen LogP contribution in [0.2, 0.25) is 0 Å². The average molecular weight is 524 g/mol. The molecule has 0 aliphatic heterocycles. The second-order valence-corrected chi connectivity index (χ2v) is 8.86. The van der Waals surface area contributed by atoms with Crippen molar-refractivity contribution in [2.75, 3.05) is 6.61 Å². The zero-order valence-electron chi connectivity index (χ0n) is 21.9. The molecule has 8 heteroatoms. The minimum absolute atomic E-state index is 0.201. The van der Waals surface area contributed by atoms with E-state index in [1.54, 1.807) is 17.8 Å². The summed E-state index contributed by atoms with van der Waals surface area (Å²) in [6.07, 6.45) is 1.66. The highest BCUT2D eigenvalue weighted by Crippen LogP contribution is 2.24. The fourth-order valence-corrected chi connectivity index (χ4v) is 4.01. The predicted molar refractivity (Wildman–Crippen MR) is 146 cm³/mol. The van der Waals surface area contributed by atoms with E-state index in [0.717, 1.165) is 22.4 Å². The predicted octanol–water partition coefficient (Wildman–Crippen LogP) is 6.23. The van der Waals surface area contributed by atoms with Crippen molar-refractivity contribution in [3.8, 4) is 23.1 Å². The number of nitrogens with zero attached hydrogens (tertiary/aromatic N) is 3. The minimum Gasteiger partial charge on any atom is -0.487 e. The number of benzene rings is 3. The zero-order chi connectivity index (χ0) is 27.0. The van der Waals surface area contributed by atoms with Crippen LogP contribution in [0.5, 0.6) is 11.6 Å². The molecular formula is C31H29N3O5. The number of esters is 1. The van der Waals surface area contributed by atoms with Gasteiger partial charge in [0.1, 0.15) is 36.0 Å². The van der Waals surface area contributed by atoms with Crippen molar-refractivity contribution >= 4 is 5.97 Å². The summed E-state index contributed by atoms with van der Waals surface area (Å²) in [5.74, 6) is 1.70. The molecular weight excluding hydrogens is 494 g/mol. The molecule has 8 nitrogen and oxygen atoms in total. The summed E-state index contributed by atoms with van der Waals surface area (Å²) >= 11 is 0. The van der Waals surface area contributed by atoms with Crippen molar-refractivity contribution in [1.29, 1.82) is 0 Å². The Kier molecular flexibility index (Phi) is 8.02. The maximum atomic E-state index is 12.5. The molecule has 39 heavy (non-hydrogen) atoms. The van der Waals surface area contributed by atoms with Crippen molar-refractivity contribution in [1.82, 2.24) is 14.8 Å². The number of oxazole rings is 1. The molecule has 0 aliphatic carbocycles. The smallest absolute Gasteiger partial charge is 0.345 e. The van der Waals surface area contributed by atoms with E-state index in [9.17, 15) is 4.79 Å². The molecule has 0 N–H and O–H groups in total. The van der Waals surface area contributed by atoms with Crippen LogP contribution in [0, 0.1) is 6.92 Å². The summed E-state index contributed by atoms with van der Waals surface area (Å²) in [6, 6.07) is 27.2. The van der Waals surface area contributed by atoms with Gasteiger partial charge in [-0.3, -0.25) is 4.68 Å². The molecule has 0 saturated heterocycles. The Morgan fingerprint density at radius 1 is 0.897 bits per heavy atom. The van der Waals surface area contributed by atoms with Gasteiger partial charge < -0.3 is 18.6 Å². The first-order chi connectivity index (χ1) is 19.1. The highest BCUT2D eigenvalue weighted by molar-refractivity contribution is 5.91. The van der Waals surface area contributed by atoms with Gasteiger partial charge in [-0.05, 0) is 49.2 Å². The molecule has 0 radical (unpaired) electrons. The van der Waals surface area contributed by atoms with E-state index in [1.807, 2.05) is 91.9 Å². The van der Waals surface area contributed by atoms with Crippen LogP contribution in [0.4, 0.5) is 0 Å². The van der Waals surface area contributed by atoms with Crippen LogP contribution in [-0.4, -0.2) is 27.3 Å². The largest absolute Gasteiger partial charge is 0.487 e. The van der Waals surface area contributed by atoms with Crippen molar-refractivity contribution in [3.05, 3.63) is 119 Å². The fourth-order valence-electron chi connectivity index (χ4n) is 4.01. The summed E-state index contributed by atoms with van der Waals surface area (Å²) in [5.41, 5.74) is 3.86. The van der Waals surface area contributed by atoms with Gasteiger partial charge in [-0.1, -0.05) is 60.7 Å². The number of carbonyl (C=O) groups excluding carboxylic acids is 1. The molecule has 3 aromatic carbocycles. The topological polar surface area (TPSA) is 88.6 Å². The molecule has 0 aliphatic rings. The van der Waals surface area contributed by atoms with Gasteiger partial charge in [0.15, 0.2) is 0 Å². The highest BCUT2D eigenvalue weighted by atomic mass is 16.5. The van der Waals surface area contributed by atoms with E-state index in [1.165, 1.54) is 0 Å². The van der Waals surface area contributed by atoms with Gasteiger partial charge in [-0.15, -0.1) is 5.10 Å². The van der Waals surface area contributed by atoms with Gasteiger partial charge in [-0.25, -0.2) is 9.78 Å². The van der Waals surface area contributed by atoms with Gasteiger partial charge in [0.2, 0.25) is 11.8 Å². The van der Waals surface area contributed by atoms with E-state index in [4.69, 9.17) is 18.6 Å². The summed E-state index contributed by atoms with van der Waals surface area (Å²) in [6.45, 7) is 4.88. The monoisotopic (exact) mass is 523 g/mol. The van der Waals surface area contributed by atoms with Gasteiger partial charge in [-0.2, -0.15) is 0 Å². The number of hydrogen-bond donors (Lipinski definition) is 0. The number of ether oxygens (including phenoxy) is 3. The molecule has 0 saturated carbocycles. The lowest BCUT2D eigenvalue weighted by Gasteiger charge is -2.09. The molecule has 0 spiro atoms. The second kappa shape index (κ2) is 12.1. The summed E-state index contributed by atoms with van der Waals surface area (Å²) in [7, 11) is 0. The van der Waals surface area contributed by atoms with E-state index < -0.39 is 5.97 Å². The maximum absolute atomic E-state index is 12.5. The standard InChI is InChI=1S/C31H29N3O5/c1-3-36-31(35)27-19-34(18-23-11-6-4-7-12-23)33-30(27)38-20-24-13-10-16-26(17-24)37-21-28-22(2)39-29(32-28)25-14-8-5-9-15-25/h4-17,19H,3,18,20-21H2,1-2H3. The van der Waals surface area contributed by atoms with Gasteiger partial charge in [0.05, 0.1) is 13.2 Å². The molecule has 0 atom stereocenters. The SMILES string of the molecule is CCOC(=O)c1cn(Cc2ccccc2)nc1OCc1cccc(OCc2nc(-c3ccccc3)oc2C)c1. The molecule has 0 unspecified atom stereocenters. The number of hydrogen-bond acceptors (Lipinski definition) is 7. The molecule has 5 aromatic rings. The van der Waals surface area contributed by atoms with E-state index in [2.05, 4.69) is 10.1 Å². The lowest BCUT2D eigenvalue weighted by molar-refractivity contribution is 0.0521. The number of aromatic nitrogens is 3. The Balaban J connectivity index is 1.25. The minimum atomic E-state index is -0.471. The first-order valence-corrected chi connectivity index (χ1v) is 12.7. The lowest BCUT2D eigenvalue weighted by Crippen LogP contribution is -2.06. The summed E-state index contributed by atoms with van der Waals surface area (Å²) in [5, 5.41) is 4.50. The van der Waals surface area contributed by atoms with E-state index >= 15 is 0 Å². The molecule has 2 aromatic heterocycles. The highest BCUT2D eigenvalue weighted by Gasteiger charge is 2.20. The van der Waals surface area contributed by atoms with Gasteiger partial charge in [0.25, 0.3) is 0 Å². The van der Waals surface area contributed by atoms with Crippen LogP contribution in [-0.2, 0) is 24.5 Å². The Morgan fingerprint density at radius 3 is 2.41 bits per heavy atom. The van der Waals surface area contributed by atoms with Crippen molar-refractivity contribution < 1.29 is 23.4 Å². The van der Waals surface area contributed by atoms with Gasteiger partial charge >= 0.3 is 5.97 Å². The van der Waals surface area contributed by atoms with Crippen LogP contribution < -0.4 is 9.47 Å². The summed E-state index contributed by atoms with van der Waals surface area (Å²) in [4.78, 5) is 17.1. The third kappa shape index (κ3) is 6.54. The van der Waals surface area contributed by atoms with Crippen LogP contribution in [0.15, 0.2) is 95.5 Å². The van der Waals surface area contributed by atoms with Crippen molar-refractivity contribution in [2.45, 2.75) is 33.6 Å². The van der Waals surface area contributed by atoms with Gasteiger partial charge in [0, 0.05) is 11.8 Å². The van der Waals surface area contributed by atoms with E-state index in [0.29, 0.717) is 23.9 Å². The molecule has 5 rings (SSSR count). The van der Waals surface area contributed by atoms with Crippen molar-refractivity contribution in [3.63, 3.8) is 0 Å². The second-order valence-electron chi connectivity index (χ2n) is 8.86. The first kappa shape index (κ1) is 25.8. The maximum Gasteiger partial charge on any atom is 0.345 e. The van der Waals surface area contributed by atoms with Crippen LogP contribution in [0.25, 0.3) is 11.5 Å². The summed E-state index contributed by atoms with van der Waals surface area (Å²) < 4.78 is 24.7. The Morgan fingerprint density at radius 2 is 1.64 bits per heavy atom. The zero-order valence-corrected chi connectivity index (χ0v) is 21.9. The first-order valence-electron chi connectivity index (χ1n) is 12.7. The van der Waals surface area contributed by atoms with E-state index in [-0.39, 0.29) is 31.3 Å². The average Bonchev–Trinajstić information content (AvgIpc) is 3.55. The lowest BCUT2D eigenvalue weighted by atomic mass is 10.2. The molecule has 198 valence electrons. The van der Waals surface area contributed by atoms with Crippen LogP contribution in [0.1, 0.15) is 39.9 Å². The Hall–Kier alpha value is -4.85. The normalized spacial score (nSPS) is 10.8. The molecule has 0 bridgehead atoms. The molecule has 0 fully saturated rings. The number of rotatable bonds is 11. The van der Waals surface area contributed by atoms with Crippen LogP contribution in [0.3, 0.4) is 0 Å². The third-order valence-corrected chi connectivity index (χ3v) is 5.97. The quantitative estimate of drug-likeness (QED) is 0.190. The molecule has 2 heterocycles. The van der Waals surface area contributed by atoms with Crippen LogP contribution >= 0.6 is 0 Å². The number of aryl methyl sites for hydroxylation is 1. The number of carbonyl (C=O) groups is 1. The third-order valence-electron chi connectivity index (χ3n) is 5.97. The fraction of sp³-hybridized carbons (Fsp3) is 0.194.